The first-order valence-corrected chi connectivity index (χ1v) is 6.50. The molecule has 0 bridgehead atoms. The van der Waals surface area contributed by atoms with Crippen LogP contribution in [0, 0.1) is 17.8 Å². The second-order valence-electron chi connectivity index (χ2n) is 5.45. The van der Waals surface area contributed by atoms with E-state index in [4.69, 9.17) is 10.8 Å². The summed E-state index contributed by atoms with van der Waals surface area (Å²) in [5, 5.41) is 8.85. The minimum Gasteiger partial charge on any atom is -0.480 e. The van der Waals surface area contributed by atoms with Crippen molar-refractivity contribution in [3.8, 4) is 0 Å². The predicted molar refractivity (Wildman–Crippen MR) is 65.1 cm³/mol. The number of hydrogen-bond acceptors (Lipinski definition) is 2. The van der Waals surface area contributed by atoms with Crippen LogP contribution in [-0.4, -0.2) is 17.1 Å². The lowest BCUT2D eigenvalue weighted by molar-refractivity contribution is -0.139. The summed E-state index contributed by atoms with van der Waals surface area (Å²) in [4.78, 5) is 10.8. The summed E-state index contributed by atoms with van der Waals surface area (Å²) >= 11 is 0. The van der Waals surface area contributed by atoms with Gasteiger partial charge in [0.1, 0.15) is 6.04 Å². The summed E-state index contributed by atoms with van der Waals surface area (Å²) in [6, 6.07) is -0.703. The molecule has 1 rings (SSSR count). The molecule has 0 saturated heterocycles. The van der Waals surface area contributed by atoms with E-state index in [0.717, 1.165) is 12.3 Å². The normalized spacial score (nSPS) is 23.7. The van der Waals surface area contributed by atoms with Gasteiger partial charge in [-0.05, 0) is 24.2 Å². The van der Waals surface area contributed by atoms with Crippen molar-refractivity contribution in [2.24, 2.45) is 23.5 Å². The van der Waals surface area contributed by atoms with Crippen molar-refractivity contribution in [2.45, 2.75) is 58.4 Å². The fraction of sp³-hybridized carbons (Fsp3) is 0.923. The van der Waals surface area contributed by atoms with Gasteiger partial charge in [0, 0.05) is 0 Å². The van der Waals surface area contributed by atoms with Crippen LogP contribution in [0.2, 0.25) is 0 Å². The Labute approximate surface area is 98.4 Å². The summed E-state index contributed by atoms with van der Waals surface area (Å²) in [6.07, 6.45) is 7.63. The Bertz CT molecular complexity index is 224. The minimum atomic E-state index is -0.872. The van der Waals surface area contributed by atoms with Gasteiger partial charge in [-0.15, -0.1) is 0 Å². The van der Waals surface area contributed by atoms with Crippen molar-refractivity contribution < 1.29 is 9.90 Å². The first kappa shape index (κ1) is 13.5. The van der Waals surface area contributed by atoms with Crippen molar-refractivity contribution in [2.75, 3.05) is 0 Å². The second-order valence-corrected chi connectivity index (χ2v) is 5.45. The molecule has 1 fully saturated rings. The van der Waals surface area contributed by atoms with Crippen LogP contribution in [0.4, 0.5) is 0 Å². The maximum absolute atomic E-state index is 10.8. The fourth-order valence-electron chi connectivity index (χ4n) is 2.87. The maximum Gasteiger partial charge on any atom is 0.320 e. The molecule has 0 amide bonds. The Morgan fingerprint density at radius 2 is 1.88 bits per heavy atom. The zero-order valence-corrected chi connectivity index (χ0v) is 10.5. The smallest absolute Gasteiger partial charge is 0.320 e. The Morgan fingerprint density at radius 1 is 1.31 bits per heavy atom. The SMILES string of the molecule is CC(CC(C)C(N)C(=O)O)C1CCCCC1. The molecule has 1 aliphatic carbocycles. The van der Waals surface area contributed by atoms with Gasteiger partial charge in [0.25, 0.3) is 0 Å². The van der Waals surface area contributed by atoms with Crippen LogP contribution >= 0.6 is 0 Å². The highest BCUT2D eigenvalue weighted by atomic mass is 16.4. The number of hydrogen-bond donors (Lipinski definition) is 2. The number of nitrogens with two attached hydrogens (primary N) is 1. The molecule has 3 unspecified atom stereocenters. The molecular formula is C13H25NO2. The molecule has 0 aliphatic heterocycles. The Kier molecular flexibility index (Phi) is 5.26. The first-order chi connectivity index (χ1) is 7.52. The Balaban J connectivity index is 2.37. The average Bonchev–Trinajstić information content (AvgIpc) is 2.28. The van der Waals surface area contributed by atoms with Crippen LogP contribution in [0.5, 0.6) is 0 Å². The van der Waals surface area contributed by atoms with E-state index in [9.17, 15) is 4.79 Å². The molecule has 3 nitrogen and oxygen atoms in total. The third kappa shape index (κ3) is 3.78. The summed E-state index contributed by atoms with van der Waals surface area (Å²) in [5.41, 5.74) is 5.64. The van der Waals surface area contributed by atoms with Gasteiger partial charge < -0.3 is 10.8 Å². The van der Waals surface area contributed by atoms with Crippen molar-refractivity contribution >= 4 is 5.97 Å². The van der Waals surface area contributed by atoms with E-state index < -0.39 is 12.0 Å². The summed E-state index contributed by atoms with van der Waals surface area (Å²) < 4.78 is 0. The Morgan fingerprint density at radius 3 is 2.38 bits per heavy atom. The van der Waals surface area contributed by atoms with Crippen molar-refractivity contribution in [1.82, 2.24) is 0 Å². The largest absolute Gasteiger partial charge is 0.480 e. The summed E-state index contributed by atoms with van der Waals surface area (Å²) in [5.74, 6) is 0.607. The molecule has 3 N–H and O–H groups in total. The second kappa shape index (κ2) is 6.24. The van der Waals surface area contributed by atoms with Crippen LogP contribution in [0.3, 0.4) is 0 Å². The molecule has 1 saturated carbocycles. The van der Waals surface area contributed by atoms with Crippen LogP contribution < -0.4 is 5.73 Å². The van der Waals surface area contributed by atoms with E-state index in [1.165, 1.54) is 32.1 Å². The van der Waals surface area contributed by atoms with E-state index in [2.05, 4.69) is 6.92 Å². The van der Waals surface area contributed by atoms with Crippen LogP contribution in [-0.2, 0) is 4.79 Å². The molecule has 3 atom stereocenters. The zero-order valence-electron chi connectivity index (χ0n) is 10.5. The Hall–Kier alpha value is -0.570. The van der Waals surface area contributed by atoms with Crippen molar-refractivity contribution in [3.05, 3.63) is 0 Å². The molecule has 16 heavy (non-hydrogen) atoms. The number of rotatable bonds is 5. The number of aliphatic carboxylic acids is 1. The van der Waals surface area contributed by atoms with Gasteiger partial charge in [0.2, 0.25) is 0 Å². The number of carboxylic acid groups (broad SMARTS) is 1. The van der Waals surface area contributed by atoms with Crippen molar-refractivity contribution in [3.63, 3.8) is 0 Å². The maximum atomic E-state index is 10.8. The summed E-state index contributed by atoms with van der Waals surface area (Å²) in [7, 11) is 0. The minimum absolute atomic E-state index is 0.0782. The van der Waals surface area contributed by atoms with Gasteiger partial charge in [0.05, 0.1) is 0 Å². The zero-order chi connectivity index (χ0) is 12.1. The molecular weight excluding hydrogens is 202 g/mol. The molecule has 1 aliphatic rings. The highest BCUT2D eigenvalue weighted by Crippen LogP contribution is 2.33. The van der Waals surface area contributed by atoms with Gasteiger partial charge in [-0.25, -0.2) is 0 Å². The van der Waals surface area contributed by atoms with E-state index in [-0.39, 0.29) is 5.92 Å². The molecule has 3 heteroatoms. The lowest BCUT2D eigenvalue weighted by Gasteiger charge is -2.30. The number of carboxylic acids is 1. The molecule has 0 aromatic heterocycles. The molecule has 0 aromatic rings. The van der Waals surface area contributed by atoms with Crippen molar-refractivity contribution in [1.29, 1.82) is 0 Å². The van der Waals surface area contributed by atoms with Crippen LogP contribution in [0.1, 0.15) is 52.4 Å². The standard InChI is InChI=1S/C13H25NO2/c1-9(11-6-4-3-5-7-11)8-10(2)12(14)13(15)16/h9-12H,3-8,14H2,1-2H3,(H,15,16). The van der Waals surface area contributed by atoms with E-state index in [0.29, 0.717) is 5.92 Å². The average molecular weight is 227 g/mol. The molecule has 0 spiro atoms. The van der Waals surface area contributed by atoms with Gasteiger partial charge in [-0.3, -0.25) is 4.79 Å². The van der Waals surface area contributed by atoms with Gasteiger partial charge in [-0.1, -0.05) is 46.0 Å². The highest BCUT2D eigenvalue weighted by Gasteiger charge is 2.26. The topological polar surface area (TPSA) is 63.3 Å². The molecule has 0 radical (unpaired) electrons. The molecule has 94 valence electrons. The third-order valence-corrected chi connectivity index (χ3v) is 4.10. The van der Waals surface area contributed by atoms with Gasteiger partial charge in [0.15, 0.2) is 0 Å². The van der Waals surface area contributed by atoms with Gasteiger partial charge in [-0.2, -0.15) is 0 Å². The third-order valence-electron chi connectivity index (χ3n) is 4.10. The van der Waals surface area contributed by atoms with E-state index >= 15 is 0 Å². The highest BCUT2D eigenvalue weighted by molar-refractivity contribution is 5.73. The number of carbonyl (C=O) groups is 1. The van der Waals surface area contributed by atoms with Crippen LogP contribution in [0.25, 0.3) is 0 Å². The summed E-state index contributed by atoms with van der Waals surface area (Å²) in [6.45, 7) is 4.21. The molecule has 0 heterocycles. The van der Waals surface area contributed by atoms with E-state index in [1.54, 1.807) is 0 Å². The van der Waals surface area contributed by atoms with E-state index in [1.807, 2.05) is 6.92 Å². The first-order valence-electron chi connectivity index (χ1n) is 6.50. The quantitative estimate of drug-likeness (QED) is 0.759. The van der Waals surface area contributed by atoms with Gasteiger partial charge >= 0.3 is 5.97 Å². The molecule has 0 aromatic carbocycles. The lowest BCUT2D eigenvalue weighted by atomic mass is 9.76. The van der Waals surface area contributed by atoms with Crippen LogP contribution in [0.15, 0.2) is 0 Å². The predicted octanol–water partition coefficient (Wildman–Crippen LogP) is 2.64. The fourth-order valence-corrected chi connectivity index (χ4v) is 2.87. The monoisotopic (exact) mass is 227 g/mol. The lowest BCUT2D eigenvalue weighted by Crippen LogP contribution is -2.38.